The van der Waals surface area contributed by atoms with Gasteiger partial charge < -0.3 is 10.5 Å². The monoisotopic (exact) mass is 277 g/mol. The molecule has 1 aromatic carbocycles. The number of nitrogens with two attached hydrogens (primary N) is 1. The zero-order chi connectivity index (χ0) is 8.97. The van der Waals surface area contributed by atoms with E-state index in [9.17, 15) is 0 Å². The molecule has 0 saturated carbocycles. The standard InChI is InChI=1S/C9H12INO/c1-7(11)6-12-9-4-2-3-8(10)5-9/h2-5,7H,6,11H2,1H3. The van der Waals surface area contributed by atoms with Crippen molar-refractivity contribution >= 4 is 22.6 Å². The highest BCUT2D eigenvalue weighted by Crippen LogP contribution is 2.14. The molecule has 0 fully saturated rings. The molecule has 0 amide bonds. The van der Waals surface area contributed by atoms with Crippen molar-refractivity contribution < 1.29 is 4.74 Å². The molecule has 0 spiro atoms. The largest absolute Gasteiger partial charge is 0.492 e. The fourth-order valence-corrected chi connectivity index (χ4v) is 1.30. The molecule has 0 aliphatic rings. The summed E-state index contributed by atoms with van der Waals surface area (Å²) in [4.78, 5) is 0. The lowest BCUT2D eigenvalue weighted by Crippen LogP contribution is -2.23. The Morgan fingerprint density at radius 1 is 1.58 bits per heavy atom. The van der Waals surface area contributed by atoms with Crippen molar-refractivity contribution in [3.05, 3.63) is 27.8 Å². The average molecular weight is 277 g/mol. The molecule has 0 aliphatic heterocycles. The summed E-state index contributed by atoms with van der Waals surface area (Å²) < 4.78 is 6.59. The van der Waals surface area contributed by atoms with Gasteiger partial charge in [0.2, 0.25) is 0 Å². The molecule has 1 rings (SSSR count). The molecule has 12 heavy (non-hydrogen) atoms. The maximum absolute atomic E-state index is 5.55. The second-order valence-electron chi connectivity index (χ2n) is 2.75. The quantitative estimate of drug-likeness (QED) is 0.858. The molecule has 0 aromatic heterocycles. The first-order valence-corrected chi connectivity index (χ1v) is 4.90. The number of rotatable bonds is 3. The summed E-state index contributed by atoms with van der Waals surface area (Å²) in [6.07, 6.45) is 0. The van der Waals surface area contributed by atoms with E-state index in [0.29, 0.717) is 6.61 Å². The van der Waals surface area contributed by atoms with Crippen molar-refractivity contribution in [3.8, 4) is 5.75 Å². The van der Waals surface area contributed by atoms with E-state index < -0.39 is 0 Å². The van der Waals surface area contributed by atoms with Crippen LogP contribution in [0, 0.1) is 3.57 Å². The molecule has 0 bridgehead atoms. The van der Waals surface area contributed by atoms with E-state index in [-0.39, 0.29) is 6.04 Å². The van der Waals surface area contributed by atoms with Gasteiger partial charge in [-0.05, 0) is 47.7 Å². The average Bonchev–Trinajstić information content (AvgIpc) is 2.01. The first-order chi connectivity index (χ1) is 5.68. The van der Waals surface area contributed by atoms with Crippen molar-refractivity contribution in [2.75, 3.05) is 6.61 Å². The highest BCUT2D eigenvalue weighted by molar-refractivity contribution is 14.1. The van der Waals surface area contributed by atoms with Gasteiger partial charge in [0.05, 0.1) is 0 Å². The third kappa shape index (κ3) is 3.40. The normalized spacial score (nSPS) is 12.6. The molecule has 0 radical (unpaired) electrons. The lowest BCUT2D eigenvalue weighted by atomic mass is 10.3. The molecule has 1 atom stereocenters. The van der Waals surface area contributed by atoms with E-state index >= 15 is 0 Å². The van der Waals surface area contributed by atoms with Crippen molar-refractivity contribution in [1.82, 2.24) is 0 Å². The Balaban J connectivity index is 2.52. The van der Waals surface area contributed by atoms with E-state index in [2.05, 4.69) is 22.6 Å². The SMILES string of the molecule is CC(N)COc1cccc(I)c1. The van der Waals surface area contributed by atoms with Crippen LogP contribution in [0.1, 0.15) is 6.92 Å². The zero-order valence-corrected chi connectivity index (χ0v) is 9.11. The van der Waals surface area contributed by atoms with Crippen molar-refractivity contribution in [2.45, 2.75) is 13.0 Å². The van der Waals surface area contributed by atoms with Gasteiger partial charge in [0.1, 0.15) is 12.4 Å². The highest BCUT2D eigenvalue weighted by atomic mass is 127. The summed E-state index contributed by atoms with van der Waals surface area (Å²) in [5.41, 5.74) is 5.55. The van der Waals surface area contributed by atoms with Gasteiger partial charge in [-0.3, -0.25) is 0 Å². The predicted octanol–water partition coefficient (Wildman–Crippen LogP) is 2.02. The molecule has 2 nitrogen and oxygen atoms in total. The van der Waals surface area contributed by atoms with E-state index in [0.717, 1.165) is 5.75 Å². The minimum absolute atomic E-state index is 0.0860. The molecular weight excluding hydrogens is 265 g/mol. The summed E-state index contributed by atoms with van der Waals surface area (Å²) in [6, 6.07) is 8.01. The van der Waals surface area contributed by atoms with Gasteiger partial charge in [0.25, 0.3) is 0 Å². The molecule has 2 N–H and O–H groups in total. The molecule has 3 heteroatoms. The Morgan fingerprint density at radius 3 is 2.92 bits per heavy atom. The van der Waals surface area contributed by atoms with Crippen LogP contribution in [0.15, 0.2) is 24.3 Å². The maximum atomic E-state index is 5.55. The summed E-state index contributed by atoms with van der Waals surface area (Å²) in [7, 11) is 0. The summed E-state index contributed by atoms with van der Waals surface area (Å²) in [5.74, 6) is 0.888. The lowest BCUT2D eigenvalue weighted by Gasteiger charge is -2.08. The van der Waals surface area contributed by atoms with Crippen molar-refractivity contribution in [1.29, 1.82) is 0 Å². The molecule has 66 valence electrons. The molecule has 0 saturated heterocycles. The van der Waals surface area contributed by atoms with E-state index in [1.54, 1.807) is 0 Å². The third-order valence-corrected chi connectivity index (χ3v) is 1.98. The number of hydrogen-bond donors (Lipinski definition) is 1. The molecule has 1 unspecified atom stereocenters. The predicted molar refractivity (Wildman–Crippen MR) is 58.3 cm³/mol. The smallest absolute Gasteiger partial charge is 0.120 e. The van der Waals surface area contributed by atoms with Crippen LogP contribution < -0.4 is 10.5 Å². The van der Waals surface area contributed by atoms with E-state index in [4.69, 9.17) is 10.5 Å². The van der Waals surface area contributed by atoms with Crippen LogP contribution in [-0.4, -0.2) is 12.6 Å². The molecule has 0 aliphatic carbocycles. The Hall–Kier alpha value is -0.290. The van der Waals surface area contributed by atoms with Crippen molar-refractivity contribution in [3.63, 3.8) is 0 Å². The minimum Gasteiger partial charge on any atom is -0.492 e. The first-order valence-electron chi connectivity index (χ1n) is 3.82. The Morgan fingerprint density at radius 2 is 2.33 bits per heavy atom. The second-order valence-corrected chi connectivity index (χ2v) is 3.99. The fourth-order valence-electron chi connectivity index (χ4n) is 0.784. The van der Waals surface area contributed by atoms with Crippen LogP contribution in [0.5, 0.6) is 5.75 Å². The zero-order valence-electron chi connectivity index (χ0n) is 6.96. The number of hydrogen-bond acceptors (Lipinski definition) is 2. The van der Waals surface area contributed by atoms with Crippen LogP contribution in [-0.2, 0) is 0 Å². The highest BCUT2D eigenvalue weighted by Gasteiger charge is 1.96. The lowest BCUT2D eigenvalue weighted by molar-refractivity contribution is 0.296. The minimum atomic E-state index is 0.0860. The van der Waals surface area contributed by atoms with Gasteiger partial charge in [-0.1, -0.05) is 6.07 Å². The van der Waals surface area contributed by atoms with Gasteiger partial charge >= 0.3 is 0 Å². The summed E-state index contributed by atoms with van der Waals surface area (Å²) in [5, 5.41) is 0. The Kier molecular flexibility index (Phi) is 3.81. The summed E-state index contributed by atoms with van der Waals surface area (Å²) in [6.45, 7) is 2.49. The van der Waals surface area contributed by atoms with E-state index in [1.165, 1.54) is 3.57 Å². The molecule has 0 heterocycles. The van der Waals surface area contributed by atoms with Gasteiger partial charge in [-0.15, -0.1) is 0 Å². The van der Waals surface area contributed by atoms with Crippen LogP contribution >= 0.6 is 22.6 Å². The van der Waals surface area contributed by atoms with Gasteiger partial charge in [-0.25, -0.2) is 0 Å². The van der Waals surface area contributed by atoms with Crippen LogP contribution in [0.25, 0.3) is 0 Å². The molecular formula is C9H12INO. The maximum Gasteiger partial charge on any atom is 0.120 e. The number of halogens is 1. The van der Waals surface area contributed by atoms with Crippen LogP contribution in [0.2, 0.25) is 0 Å². The van der Waals surface area contributed by atoms with Crippen LogP contribution in [0.4, 0.5) is 0 Å². The number of benzene rings is 1. The first kappa shape index (κ1) is 9.80. The Labute approximate surface area is 86.2 Å². The molecule has 1 aromatic rings. The third-order valence-electron chi connectivity index (χ3n) is 1.31. The van der Waals surface area contributed by atoms with Gasteiger partial charge in [0.15, 0.2) is 0 Å². The topological polar surface area (TPSA) is 35.2 Å². The van der Waals surface area contributed by atoms with Crippen molar-refractivity contribution in [2.24, 2.45) is 5.73 Å². The fraction of sp³-hybridized carbons (Fsp3) is 0.333. The Bertz CT molecular complexity index is 250. The second kappa shape index (κ2) is 4.67. The van der Waals surface area contributed by atoms with Crippen LogP contribution in [0.3, 0.4) is 0 Å². The van der Waals surface area contributed by atoms with Gasteiger partial charge in [0, 0.05) is 9.61 Å². The summed E-state index contributed by atoms with van der Waals surface area (Å²) >= 11 is 2.25. The van der Waals surface area contributed by atoms with E-state index in [1.807, 2.05) is 31.2 Å². The van der Waals surface area contributed by atoms with Gasteiger partial charge in [-0.2, -0.15) is 0 Å². The number of ether oxygens (including phenoxy) is 1.